The zero-order valence-electron chi connectivity index (χ0n) is 12.1. The van der Waals surface area contributed by atoms with Gasteiger partial charge in [0.05, 0.1) is 5.69 Å². The molecule has 0 aliphatic rings. The number of hydrogen-bond acceptors (Lipinski definition) is 3. The lowest BCUT2D eigenvalue weighted by Gasteiger charge is -2.12. The lowest BCUT2D eigenvalue weighted by Crippen LogP contribution is -2.27. The fraction of sp³-hybridized carbons (Fsp3) is 0.643. The van der Waals surface area contributed by atoms with Gasteiger partial charge in [-0.25, -0.2) is 0 Å². The molecule has 0 bridgehead atoms. The zero-order chi connectivity index (χ0) is 14.3. The predicted molar refractivity (Wildman–Crippen MR) is 83.8 cm³/mol. The number of nitrogens with zero attached hydrogens (tertiary/aromatic N) is 1. The van der Waals surface area contributed by atoms with Gasteiger partial charge in [-0.15, -0.1) is 0 Å². The molecule has 1 rings (SSSR count). The molecule has 0 unspecified atom stereocenters. The Kier molecular flexibility index (Phi) is 6.84. The minimum absolute atomic E-state index is 0.0322. The number of nitrogen functional groups attached to an aromatic ring is 1. The van der Waals surface area contributed by atoms with Crippen molar-refractivity contribution >= 4 is 23.4 Å². The molecule has 0 atom stereocenters. The minimum Gasteiger partial charge on any atom is -0.397 e. The molecule has 19 heavy (non-hydrogen) atoms. The van der Waals surface area contributed by atoms with E-state index in [9.17, 15) is 4.79 Å². The van der Waals surface area contributed by atoms with Gasteiger partial charge in [-0.2, -0.15) is 11.8 Å². The number of rotatable bonds is 8. The first-order valence-electron chi connectivity index (χ1n) is 6.80. The molecule has 1 aromatic heterocycles. The fourth-order valence-corrected chi connectivity index (χ4v) is 2.44. The highest BCUT2D eigenvalue weighted by Crippen LogP contribution is 2.16. The molecule has 108 valence electrons. The van der Waals surface area contributed by atoms with Crippen LogP contribution in [0.25, 0.3) is 0 Å². The van der Waals surface area contributed by atoms with Gasteiger partial charge in [-0.1, -0.05) is 6.42 Å². The molecule has 1 aromatic rings. The first kappa shape index (κ1) is 16.0. The van der Waals surface area contributed by atoms with Gasteiger partial charge in [0.25, 0.3) is 5.91 Å². The van der Waals surface area contributed by atoms with Crippen LogP contribution < -0.4 is 11.1 Å². The van der Waals surface area contributed by atoms with Crippen molar-refractivity contribution in [1.29, 1.82) is 0 Å². The van der Waals surface area contributed by atoms with Crippen molar-refractivity contribution in [2.75, 3.05) is 24.3 Å². The summed E-state index contributed by atoms with van der Waals surface area (Å²) >= 11 is 1.87. The van der Waals surface area contributed by atoms with Crippen molar-refractivity contribution < 1.29 is 4.79 Å². The molecule has 1 amide bonds. The lowest BCUT2D eigenvalue weighted by molar-refractivity contribution is 0.0942. The first-order chi connectivity index (χ1) is 9.06. The molecule has 0 aromatic carbocycles. The Hall–Kier alpha value is -1.10. The van der Waals surface area contributed by atoms with Gasteiger partial charge >= 0.3 is 0 Å². The summed E-state index contributed by atoms with van der Waals surface area (Å²) in [5.74, 6) is 1.16. The minimum atomic E-state index is -0.0322. The summed E-state index contributed by atoms with van der Waals surface area (Å²) in [5.41, 5.74) is 7.05. The van der Waals surface area contributed by atoms with E-state index >= 15 is 0 Å². The third-order valence-electron chi connectivity index (χ3n) is 2.97. The molecule has 0 saturated heterocycles. The summed E-state index contributed by atoms with van der Waals surface area (Å²) in [6, 6.07) is 1.97. The molecular formula is C14H25N3OS. The van der Waals surface area contributed by atoms with Gasteiger partial charge in [0, 0.05) is 18.8 Å². The Labute approximate surface area is 120 Å². The van der Waals surface area contributed by atoms with Gasteiger partial charge < -0.3 is 15.6 Å². The summed E-state index contributed by atoms with van der Waals surface area (Å²) in [6.07, 6.45) is 7.34. The van der Waals surface area contributed by atoms with E-state index in [2.05, 4.69) is 11.6 Å². The Balaban J connectivity index is 2.41. The summed E-state index contributed by atoms with van der Waals surface area (Å²) in [4.78, 5) is 12.1. The lowest BCUT2D eigenvalue weighted by atomic mass is 10.2. The Bertz CT molecular complexity index is 401. The van der Waals surface area contributed by atoms with Crippen molar-refractivity contribution in [3.63, 3.8) is 0 Å². The van der Waals surface area contributed by atoms with E-state index in [1.807, 2.05) is 36.4 Å². The van der Waals surface area contributed by atoms with E-state index in [0.717, 1.165) is 19.4 Å². The van der Waals surface area contributed by atoms with Crippen LogP contribution in [-0.4, -0.2) is 29.0 Å². The van der Waals surface area contributed by atoms with Crippen molar-refractivity contribution in [2.45, 2.75) is 39.2 Å². The van der Waals surface area contributed by atoms with E-state index in [1.165, 1.54) is 12.2 Å². The van der Waals surface area contributed by atoms with Crippen molar-refractivity contribution in [1.82, 2.24) is 9.88 Å². The number of thioether (sulfide) groups is 1. The normalized spacial score (nSPS) is 10.9. The van der Waals surface area contributed by atoms with Crippen LogP contribution in [0, 0.1) is 0 Å². The molecular weight excluding hydrogens is 258 g/mol. The zero-order valence-corrected chi connectivity index (χ0v) is 12.9. The predicted octanol–water partition coefficient (Wildman–Crippen LogP) is 2.91. The third-order valence-corrected chi connectivity index (χ3v) is 3.67. The van der Waals surface area contributed by atoms with Gasteiger partial charge in [0.15, 0.2) is 0 Å². The van der Waals surface area contributed by atoms with Crippen LogP contribution >= 0.6 is 11.8 Å². The highest BCUT2D eigenvalue weighted by molar-refractivity contribution is 7.98. The second kappa shape index (κ2) is 8.15. The van der Waals surface area contributed by atoms with E-state index in [4.69, 9.17) is 5.73 Å². The van der Waals surface area contributed by atoms with Crippen LogP contribution in [0.5, 0.6) is 0 Å². The number of unbranched alkanes of at least 4 members (excludes halogenated alkanes) is 2. The highest BCUT2D eigenvalue weighted by Gasteiger charge is 2.13. The average Bonchev–Trinajstić information content (AvgIpc) is 2.76. The van der Waals surface area contributed by atoms with E-state index < -0.39 is 0 Å². The quantitative estimate of drug-likeness (QED) is 0.721. The number of anilines is 1. The van der Waals surface area contributed by atoms with Crippen LogP contribution in [0.1, 0.15) is 49.6 Å². The van der Waals surface area contributed by atoms with Crippen LogP contribution in [-0.2, 0) is 0 Å². The second-order valence-corrected chi connectivity index (χ2v) is 5.95. The van der Waals surface area contributed by atoms with Crippen molar-refractivity contribution in [3.8, 4) is 0 Å². The summed E-state index contributed by atoms with van der Waals surface area (Å²) in [5, 5.41) is 2.96. The summed E-state index contributed by atoms with van der Waals surface area (Å²) in [7, 11) is 0. The molecule has 0 aliphatic carbocycles. The largest absolute Gasteiger partial charge is 0.397 e. The van der Waals surface area contributed by atoms with Gasteiger partial charge in [-0.05, 0) is 44.8 Å². The van der Waals surface area contributed by atoms with Gasteiger partial charge in [-0.3, -0.25) is 4.79 Å². The smallest absolute Gasteiger partial charge is 0.267 e. The number of nitrogens with one attached hydrogen (secondary N) is 1. The van der Waals surface area contributed by atoms with Crippen molar-refractivity contribution in [3.05, 3.63) is 18.0 Å². The maximum atomic E-state index is 12.1. The molecule has 5 heteroatoms. The number of aromatic nitrogens is 1. The van der Waals surface area contributed by atoms with E-state index in [1.54, 1.807) is 6.07 Å². The van der Waals surface area contributed by atoms with E-state index in [0.29, 0.717) is 11.4 Å². The average molecular weight is 283 g/mol. The van der Waals surface area contributed by atoms with Crippen LogP contribution in [0.2, 0.25) is 0 Å². The van der Waals surface area contributed by atoms with E-state index in [-0.39, 0.29) is 11.9 Å². The second-order valence-electron chi connectivity index (χ2n) is 4.97. The maximum Gasteiger partial charge on any atom is 0.267 e. The molecule has 3 N–H and O–H groups in total. The van der Waals surface area contributed by atoms with Crippen LogP contribution in [0.4, 0.5) is 5.69 Å². The number of amides is 1. The Morgan fingerprint density at radius 1 is 1.42 bits per heavy atom. The summed E-state index contributed by atoms with van der Waals surface area (Å²) < 4.78 is 1.92. The first-order valence-corrected chi connectivity index (χ1v) is 8.20. The molecule has 0 radical (unpaired) electrons. The Morgan fingerprint density at radius 3 is 2.79 bits per heavy atom. The molecule has 1 heterocycles. The highest BCUT2D eigenvalue weighted by atomic mass is 32.2. The fourth-order valence-electron chi connectivity index (χ4n) is 1.95. The number of carbonyl (C=O) groups excluding carboxylic acids is 1. The molecule has 4 nitrogen and oxygen atoms in total. The molecule has 0 saturated carbocycles. The third kappa shape index (κ3) is 5.19. The van der Waals surface area contributed by atoms with Crippen LogP contribution in [0.15, 0.2) is 12.3 Å². The number of nitrogens with two attached hydrogens (primary N) is 1. The van der Waals surface area contributed by atoms with Crippen molar-refractivity contribution in [2.24, 2.45) is 0 Å². The molecule has 0 spiro atoms. The SMILES string of the molecule is CSCCCCCNC(=O)c1cc(N)cn1C(C)C. The number of carbonyl (C=O) groups is 1. The topological polar surface area (TPSA) is 60.1 Å². The Morgan fingerprint density at radius 2 is 2.16 bits per heavy atom. The monoisotopic (exact) mass is 283 g/mol. The standard InChI is InChI=1S/C14H25N3OS/c1-11(2)17-10-12(15)9-13(17)14(18)16-7-5-4-6-8-19-3/h9-11H,4-8,15H2,1-3H3,(H,16,18). The summed E-state index contributed by atoms with van der Waals surface area (Å²) in [6.45, 7) is 4.81. The molecule has 0 fully saturated rings. The van der Waals surface area contributed by atoms with Gasteiger partial charge in [0.2, 0.25) is 0 Å². The number of hydrogen-bond donors (Lipinski definition) is 2. The van der Waals surface area contributed by atoms with Crippen LogP contribution in [0.3, 0.4) is 0 Å². The van der Waals surface area contributed by atoms with Gasteiger partial charge in [0.1, 0.15) is 5.69 Å². The maximum absolute atomic E-state index is 12.1. The molecule has 0 aliphatic heterocycles.